The lowest BCUT2D eigenvalue weighted by Crippen LogP contribution is -2.50. The van der Waals surface area contributed by atoms with Crippen LogP contribution >= 0.6 is 11.3 Å². The topological polar surface area (TPSA) is 113 Å². The summed E-state index contributed by atoms with van der Waals surface area (Å²) in [5.41, 5.74) is 1.62. The summed E-state index contributed by atoms with van der Waals surface area (Å²) in [4.78, 5) is 47.3. The number of ether oxygens (including phenoxy) is 2. The second-order valence-corrected chi connectivity index (χ2v) is 12.6. The van der Waals surface area contributed by atoms with Crippen molar-refractivity contribution in [2.45, 2.75) is 52.7 Å². The summed E-state index contributed by atoms with van der Waals surface area (Å²) in [6.45, 7) is 13.2. The highest BCUT2D eigenvalue weighted by Crippen LogP contribution is 2.32. The van der Waals surface area contributed by atoms with Gasteiger partial charge < -0.3 is 24.6 Å². The number of anilines is 3. The molecule has 1 aliphatic heterocycles. The Hall–Kier alpha value is -4.12. The van der Waals surface area contributed by atoms with Gasteiger partial charge in [-0.2, -0.15) is 0 Å². The van der Waals surface area contributed by atoms with Crippen LogP contribution < -0.4 is 15.5 Å². The van der Waals surface area contributed by atoms with E-state index >= 15 is 0 Å². The van der Waals surface area contributed by atoms with Crippen LogP contribution in [0.25, 0.3) is 10.4 Å². The number of carbonyl (C=O) groups excluding carboxylic acids is 3. The lowest BCUT2D eigenvalue weighted by Gasteiger charge is -2.36. The number of amides is 3. The fourth-order valence-electron chi connectivity index (χ4n) is 4.13. The predicted molar refractivity (Wildman–Crippen MR) is 162 cm³/mol. The fourth-order valence-corrected chi connectivity index (χ4v) is 4.86. The van der Waals surface area contributed by atoms with Crippen molar-refractivity contribution in [1.29, 1.82) is 0 Å². The van der Waals surface area contributed by atoms with Crippen molar-refractivity contribution < 1.29 is 23.9 Å². The van der Waals surface area contributed by atoms with E-state index in [1.165, 1.54) is 0 Å². The smallest absolute Gasteiger partial charge is 0.412 e. The lowest BCUT2D eigenvalue weighted by atomic mass is 10.1. The number of rotatable bonds is 5. The first-order valence-electron chi connectivity index (χ1n) is 13.5. The van der Waals surface area contributed by atoms with E-state index in [9.17, 15) is 14.4 Å². The molecule has 0 unspecified atom stereocenters. The van der Waals surface area contributed by atoms with Crippen molar-refractivity contribution in [2.75, 3.05) is 41.7 Å². The Morgan fingerprint density at radius 1 is 0.854 bits per heavy atom. The molecular weight excluding hydrogens is 542 g/mol. The highest BCUT2D eigenvalue weighted by atomic mass is 32.1. The zero-order valence-corrected chi connectivity index (χ0v) is 25.1. The molecule has 1 saturated heterocycles. The molecular formula is C30H37N5O5S. The van der Waals surface area contributed by atoms with Gasteiger partial charge in [0.25, 0.3) is 5.91 Å². The molecule has 0 spiro atoms. The first kappa shape index (κ1) is 29.9. The van der Waals surface area contributed by atoms with E-state index < -0.39 is 23.2 Å². The summed E-state index contributed by atoms with van der Waals surface area (Å²) in [7, 11) is 0. The Balaban J connectivity index is 1.44. The van der Waals surface area contributed by atoms with E-state index in [1.807, 2.05) is 56.5 Å². The summed E-state index contributed by atoms with van der Waals surface area (Å²) in [5.74, 6) is -0.415. The number of hydrogen-bond donors (Lipinski definition) is 2. The minimum Gasteiger partial charge on any atom is -0.444 e. The van der Waals surface area contributed by atoms with Crippen molar-refractivity contribution >= 4 is 46.5 Å². The Bertz CT molecular complexity index is 1370. The summed E-state index contributed by atoms with van der Waals surface area (Å²) >= 11 is 1.58. The van der Waals surface area contributed by atoms with E-state index in [2.05, 4.69) is 20.5 Å². The van der Waals surface area contributed by atoms with Gasteiger partial charge in [0.1, 0.15) is 16.9 Å². The number of carbonyl (C=O) groups is 3. The molecule has 218 valence electrons. The lowest BCUT2D eigenvalue weighted by molar-refractivity contribution is 0.0240. The van der Waals surface area contributed by atoms with Crippen LogP contribution in [0.15, 0.2) is 54.0 Å². The van der Waals surface area contributed by atoms with Crippen molar-refractivity contribution in [3.8, 4) is 10.4 Å². The largest absolute Gasteiger partial charge is 0.444 e. The van der Waals surface area contributed by atoms with Crippen LogP contribution in [0.5, 0.6) is 0 Å². The number of pyridine rings is 1. The third-order valence-corrected chi connectivity index (χ3v) is 6.91. The molecule has 2 aromatic heterocycles. The normalized spacial score (nSPS) is 13.9. The molecule has 1 aliphatic rings. The Morgan fingerprint density at radius 2 is 1.56 bits per heavy atom. The second kappa shape index (κ2) is 12.2. The summed E-state index contributed by atoms with van der Waals surface area (Å²) in [6.07, 6.45) is 0.720. The van der Waals surface area contributed by atoms with Gasteiger partial charge in [0.15, 0.2) is 0 Å². The first-order chi connectivity index (χ1) is 19.3. The zero-order valence-electron chi connectivity index (χ0n) is 24.3. The molecule has 0 bridgehead atoms. The molecule has 3 heterocycles. The van der Waals surface area contributed by atoms with E-state index in [0.717, 1.165) is 16.1 Å². The Labute approximate surface area is 244 Å². The maximum Gasteiger partial charge on any atom is 0.412 e. The molecule has 0 saturated carbocycles. The number of thiophene rings is 1. The second-order valence-electron chi connectivity index (χ2n) is 11.7. The number of nitrogens with one attached hydrogen (secondary N) is 2. The van der Waals surface area contributed by atoms with Gasteiger partial charge in [-0.3, -0.25) is 10.1 Å². The number of nitrogens with zero attached hydrogens (tertiary/aromatic N) is 3. The minimum absolute atomic E-state index is 0.228. The van der Waals surface area contributed by atoms with Crippen LogP contribution in [0.1, 0.15) is 52.0 Å². The van der Waals surface area contributed by atoms with Gasteiger partial charge in [0, 0.05) is 31.1 Å². The van der Waals surface area contributed by atoms with Crippen LogP contribution in [0.3, 0.4) is 0 Å². The van der Waals surface area contributed by atoms with Gasteiger partial charge >= 0.3 is 12.2 Å². The fraction of sp³-hybridized carbons (Fsp3) is 0.400. The highest BCUT2D eigenvalue weighted by Gasteiger charge is 2.26. The van der Waals surface area contributed by atoms with Crippen molar-refractivity contribution in [3.63, 3.8) is 0 Å². The summed E-state index contributed by atoms with van der Waals surface area (Å²) in [6, 6.07) is 12.9. The Kier molecular flexibility index (Phi) is 8.86. The van der Waals surface area contributed by atoms with Gasteiger partial charge in [0.2, 0.25) is 0 Å². The molecule has 0 atom stereocenters. The van der Waals surface area contributed by atoms with Crippen LogP contribution in [0.2, 0.25) is 0 Å². The SMILES string of the molecule is CC(C)(C)OC(=O)Nc1ccc(-c2cccs2)cc1NC(=O)c1ccc(N2CCN(C(=O)OC(C)(C)C)CC2)cn1. The molecule has 4 rings (SSSR count). The standard InChI is InChI=1S/C30H37N5O5S/c1-29(2,3)39-27(37)33-22-11-9-20(25-8-7-17-41-25)18-24(22)32-26(36)23-12-10-21(19-31-23)34-13-15-35(16-14-34)28(38)40-30(4,5)6/h7-12,17-19H,13-16H2,1-6H3,(H,32,36)(H,33,37). The first-order valence-corrected chi connectivity index (χ1v) is 14.3. The highest BCUT2D eigenvalue weighted by molar-refractivity contribution is 7.13. The zero-order chi connectivity index (χ0) is 29.8. The van der Waals surface area contributed by atoms with Gasteiger partial charge in [-0.1, -0.05) is 12.1 Å². The number of hydrogen-bond acceptors (Lipinski definition) is 8. The minimum atomic E-state index is -0.668. The van der Waals surface area contributed by atoms with Crippen molar-refractivity contribution in [3.05, 3.63) is 59.7 Å². The molecule has 1 fully saturated rings. The molecule has 3 aromatic rings. The van der Waals surface area contributed by atoms with Gasteiger partial charge in [0.05, 0.1) is 23.3 Å². The van der Waals surface area contributed by atoms with Crippen LogP contribution in [0.4, 0.5) is 26.7 Å². The summed E-state index contributed by atoms with van der Waals surface area (Å²) < 4.78 is 10.9. The van der Waals surface area contributed by atoms with Crippen molar-refractivity contribution in [2.24, 2.45) is 0 Å². The van der Waals surface area contributed by atoms with Crippen molar-refractivity contribution in [1.82, 2.24) is 9.88 Å². The van der Waals surface area contributed by atoms with Crippen LogP contribution in [-0.4, -0.2) is 65.4 Å². The van der Waals surface area contributed by atoms with Gasteiger partial charge in [-0.05, 0) is 82.8 Å². The average molecular weight is 580 g/mol. The van der Waals surface area contributed by atoms with E-state index in [-0.39, 0.29) is 11.8 Å². The Morgan fingerprint density at radius 3 is 2.15 bits per heavy atom. The number of aromatic nitrogens is 1. The van der Waals surface area contributed by atoms with Crippen LogP contribution in [-0.2, 0) is 9.47 Å². The van der Waals surface area contributed by atoms with Gasteiger partial charge in [-0.15, -0.1) is 11.3 Å². The molecule has 2 N–H and O–H groups in total. The third kappa shape index (κ3) is 8.43. The molecule has 1 aromatic carbocycles. The molecule has 0 aliphatic carbocycles. The summed E-state index contributed by atoms with van der Waals surface area (Å²) in [5, 5.41) is 7.61. The predicted octanol–water partition coefficient (Wildman–Crippen LogP) is 6.47. The van der Waals surface area contributed by atoms with E-state index in [1.54, 1.807) is 55.3 Å². The molecule has 10 nitrogen and oxygen atoms in total. The maximum atomic E-state index is 13.2. The van der Waals surface area contributed by atoms with E-state index in [4.69, 9.17) is 9.47 Å². The quantitative estimate of drug-likeness (QED) is 0.356. The van der Waals surface area contributed by atoms with E-state index in [0.29, 0.717) is 37.6 Å². The molecule has 0 radical (unpaired) electrons. The molecule has 11 heteroatoms. The molecule has 41 heavy (non-hydrogen) atoms. The number of benzene rings is 1. The maximum absolute atomic E-state index is 13.2. The molecule has 3 amide bonds. The average Bonchev–Trinajstić information content (AvgIpc) is 3.43. The van der Waals surface area contributed by atoms with Gasteiger partial charge in [-0.25, -0.2) is 14.6 Å². The monoisotopic (exact) mass is 579 g/mol. The van der Waals surface area contributed by atoms with Crippen LogP contribution in [0, 0.1) is 0 Å². The number of piperazine rings is 1. The third-order valence-electron chi connectivity index (χ3n) is 5.99.